The molecule has 2 unspecified atom stereocenters. The maximum atomic E-state index is 4.62. The van der Waals surface area contributed by atoms with E-state index >= 15 is 0 Å². The molecule has 2 aromatic rings. The lowest BCUT2D eigenvalue weighted by atomic mass is 9.94. The molecular formula is C14H17BrN6. The van der Waals surface area contributed by atoms with Crippen molar-refractivity contribution in [3.05, 3.63) is 22.8 Å². The van der Waals surface area contributed by atoms with Gasteiger partial charge in [-0.15, -0.1) is 5.10 Å². The van der Waals surface area contributed by atoms with Crippen LogP contribution in [0.2, 0.25) is 0 Å². The number of anilines is 1. The van der Waals surface area contributed by atoms with Crippen LogP contribution >= 0.6 is 15.9 Å². The van der Waals surface area contributed by atoms with Gasteiger partial charge < -0.3 is 10.2 Å². The van der Waals surface area contributed by atoms with Gasteiger partial charge in [-0.05, 0) is 53.4 Å². The molecule has 4 rings (SSSR count). The van der Waals surface area contributed by atoms with Crippen LogP contribution in [0.4, 0.5) is 5.95 Å². The van der Waals surface area contributed by atoms with Crippen molar-refractivity contribution < 1.29 is 0 Å². The molecule has 0 amide bonds. The van der Waals surface area contributed by atoms with Gasteiger partial charge in [0.25, 0.3) is 0 Å². The number of fused-ring (bicyclic) bond motifs is 1. The van der Waals surface area contributed by atoms with E-state index in [1.807, 2.05) is 12.1 Å². The zero-order valence-corrected chi connectivity index (χ0v) is 13.2. The second-order valence-corrected chi connectivity index (χ2v) is 6.54. The molecule has 21 heavy (non-hydrogen) atoms. The molecule has 0 aromatic carbocycles. The fourth-order valence-corrected chi connectivity index (χ4v) is 3.71. The van der Waals surface area contributed by atoms with Crippen LogP contribution < -0.4 is 10.2 Å². The molecule has 0 bridgehead atoms. The summed E-state index contributed by atoms with van der Waals surface area (Å²) in [4.78, 5) is 11.2. The van der Waals surface area contributed by atoms with Crippen LogP contribution in [0.5, 0.6) is 0 Å². The number of hydrogen-bond acceptors (Lipinski definition) is 5. The smallest absolute Gasteiger partial charge is 0.245 e. The number of hydrogen-bond donors (Lipinski definition) is 2. The Morgan fingerprint density at radius 1 is 1.33 bits per heavy atom. The van der Waals surface area contributed by atoms with Gasteiger partial charge in [0.2, 0.25) is 5.95 Å². The number of aromatic amines is 1. The largest absolute Gasteiger partial charge is 0.338 e. The molecule has 2 aromatic heterocycles. The number of rotatable bonds is 2. The van der Waals surface area contributed by atoms with Gasteiger partial charge in [-0.25, -0.2) is 0 Å². The Morgan fingerprint density at radius 3 is 3.14 bits per heavy atom. The van der Waals surface area contributed by atoms with Crippen molar-refractivity contribution >= 4 is 21.9 Å². The molecule has 4 heterocycles. The lowest BCUT2D eigenvalue weighted by molar-refractivity contribution is 0.340. The molecule has 7 heteroatoms. The first-order valence-corrected chi connectivity index (χ1v) is 8.12. The minimum absolute atomic E-state index is 0.585. The van der Waals surface area contributed by atoms with Crippen molar-refractivity contribution in [2.24, 2.45) is 5.92 Å². The van der Waals surface area contributed by atoms with Gasteiger partial charge in [-0.1, -0.05) is 0 Å². The molecule has 2 aliphatic heterocycles. The molecule has 0 saturated carbocycles. The average molecular weight is 349 g/mol. The zero-order valence-electron chi connectivity index (χ0n) is 11.6. The molecule has 0 radical (unpaired) electrons. The topological polar surface area (TPSA) is 69.7 Å². The van der Waals surface area contributed by atoms with E-state index in [0.29, 0.717) is 11.9 Å². The average Bonchev–Trinajstić information content (AvgIpc) is 3.14. The fraction of sp³-hybridized carbons (Fsp3) is 0.500. The highest BCUT2D eigenvalue weighted by molar-refractivity contribution is 9.10. The molecule has 0 spiro atoms. The predicted molar refractivity (Wildman–Crippen MR) is 84.0 cm³/mol. The van der Waals surface area contributed by atoms with Crippen LogP contribution in [0.3, 0.4) is 0 Å². The SMILES string of the molecule is Brc1cccnc1-c1nc(N2CC3CCCNC3C2)n[nH]1. The van der Waals surface area contributed by atoms with Crippen molar-refractivity contribution in [1.29, 1.82) is 0 Å². The molecule has 110 valence electrons. The highest BCUT2D eigenvalue weighted by atomic mass is 79.9. The summed E-state index contributed by atoms with van der Waals surface area (Å²) in [6.45, 7) is 3.17. The first kappa shape index (κ1) is 13.2. The molecular weight excluding hydrogens is 332 g/mol. The van der Waals surface area contributed by atoms with E-state index in [9.17, 15) is 0 Å². The predicted octanol–water partition coefficient (Wildman–Crippen LogP) is 1.82. The van der Waals surface area contributed by atoms with Crippen LogP contribution in [0, 0.1) is 5.92 Å². The number of nitrogens with zero attached hydrogens (tertiary/aromatic N) is 4. The highest BCUT2D eigenvalue weighted by Crippen LogP contribution is 2.29. The van der Waals surface area contributed by atoms with Gasteiger partial charge in [0.1, 0.15) is 5.69 Å². The first-order chi connectivity index (χ1) is 10.3. The second kappa shape index (κ2) is 5.38. The van der Waals surface area contributed by atoms with Gasteiger partial charge >= 0.3 is 0 Å². The molecule has 2 fully saturated rings. The number of halogens is 1. The molecule has 2 saturated heterocycles. The third-order valence-electron chi connectivity index (χ3n) is 4.34. The minimum Gasteiger partial charge on any atom is -0.338 e. The monoisotopic (exact) mass is 348 g/mol. The Hall–Kier alpha value is -1.47. The summed E-state index contributed by atoms with van der Waals surface area (Å²) in [5.41, 5.74) is 0.797. The summed E-state index contributed by atoms with van der Waals surface area (Å²) in [6.07, 6.45) is 4.34. The Balaban J connectivity index is 1.56. The molecule has 0 aliphatic carbocycles. The zero-order chi connectivity index (χ0) is 14.2. The van der Waals surface area contributed by atoms with Gasteiger partial charge in [0.15, 0.2) is 5.82 Å². The Bertz CT molecular complexity index is 628. The summed E-state index contributed by atoms with van der Waals surface area (Å²) in [7, 11) is 0. The van der Waals surface area contributed by atoms with Crippen molar-refractivity contribution in [3.8, 4) is 11.5 Å². The highest BCUT2D eigenvalue weighted by Gasteiger charge is 2.35. The van der Waals surface area contributed by atoms with E-state index in [4.69, 9.17) is 0 Å². The van der Waals surface area contributed by atoms with Crippen LogP contribution in [-0.4, -0.2) is 45.8 Å². The second-order valence-electron chi connectivity index (χ2n) is 5.69. The quantitative estimate of drug-likeness (QED) is 0.866. The van der Waals surface area contributed by atoms with Crippen LogP contribution in [-0.2, 0) is 0 Å². The van der Waals surface area contributed by atoms with Crippen molar-refractivity contribution in [2.75, 3.05) is 24.5 Å². The number of H-pyrrole nitrogens is 1. The van der Waals surface area contributed by atoms with E-state index in [-0.39, 0.29) is 0 Å². The van der Waals surface area contributed by atoms with Gasteiger partial charge in [0.05, 0.1) is 0 Å². The lowest BCUT2D eigenvalue weighted by Gasteiger charge is -2.24. The fourth-order valence-electron chi connectivity index (χ4n) is 3.27. The summed E-state index contributed by atoms with van der Waals surface area (Å²) in [5, 5.41) is 11.0. The van der Waals surface area contributed by atoms with E-state index in [2.05, 4.69) is 46.3 Å². The van der Waals surface area contributed by atoms with Crippen molar-refractivity contribution in [2.45, 2.75) is 18.9 Å². The van der Waals surface area contributed by atoms with Gasteiger partial charge in [0, 0.05) is 29.8 Å². The third kappa shape index (κ3) is 2.44. The number of aromatic nitrogens is 4. The van der Waals surface area contributed by atoms with E-state index in [1.54, 1.807) is 6.20 Å². The van der Waals surface area contributed by atoms with Crippen LogP contribution in [0.25, 0.3) is 11.5 Å². The summed E-state index contributed by atoms with van der Waals surface area (Å²) >= 11 is 3.50. The van der Waals surface area contributed by atoms with Crippen molar-refractivity contribution in [1.82, 2.24) is 25.5 Å². The maximum Gasteiger partial charge on any atom is 0.245 e. The summed E-state index contributed by atoms with van der Waals surface area (Å²) < 4.78 is 0.921. The lowest BCUT2D eigenvalue weighted by Crippen LogP contribution is -2.40. The number of nitrogens with one attached hydrogen (secondary N) is 2. The van der Waals surface area contributed by atoms with Gasteiger partial charge in [-0.2, -0.15) is 4.98 Å². The summed E-state index contributed by atoms with van der Waals surface area (Å²) in [6, 6.07) is 4.43. The molecule has 2 atom stereocenters. The molecule has 2 N–H and O–H groups in total. The van der Waals surface area contributed by atoms with E-state index < -0.39 is 0 Å². The normalized spacial score (nSPS) is 25.1. The van der Waals surface area contributed by atoms with E-state index in [1.165, 1.54) is 12.8 Å². The number of piperidine rings is 1. The minimum atomic E-state index is 0.585. The summed E-state index contributed by atoms with van der Waals surface area (Å²) in [5.74, 6) is 2.21. The third-order valence-corrected chi connectivity index (χ3v) is 4.98. The maximum absolute atomic E-state index is 4.62. The number of pyridine rings is 1. The Labute approximate surface area is 131 Å². The molecule has 6 nitrogen and oxygen atoms in total. The Kier molecular flexibility index (Phi) is 3.39. The van der Waals surface area contributed by atoms with Gasteiger partial charge in [-0.3, -0.25) is 10.1 Å². The molecule has 2 aliphatic rings. The Morgan fingerprint density at radius 2 is 2.29 bits per heavy atom. The first-order valence-electron chi connectivity index (χ1n) is 7.33. The van der Waals surface area contributed by atoms with E-state index in [0.717, 1.165) is 41.7 Å². The standard InChI is InChI=1S/C14H17BrN6/c15-10-4-2-6-17-12(10)13-18-14(20-19-13)21-7-9-3-1-5-16-11(9)8-21/h2,4,6,9,11,16H,1,3,5,7-8H2,(H,18,19,20). The van der Waals surface area contributed by atoms with Crippen LogP contribution in [0.15, 0.2) is 22.8 Å². The van der Waals surface area contributed by atoms with Crippen LogP contribution in [0.1, 0.15) is 12.8 Å². The van der Waals surface area contributed by atoms with Crippen molar-refractivity contribution in [3.63, 3.8) is 0 Å².